The maximum atomic E-state index is 6.29. The van der Waals surface area contributed by atoms with Gasteiger partial charge >= 0.3 is 0 Å². The van der Waals surface area contributed by atoms with Gasteiger partial charge in [-0.3, -0.25) is 4.68 Å². The van der Waals surface area contributed by atoms with Crippen LogP contribution in [-0.4, -0.2) is 16.8 Å². The monoisotopic (exact) mass is 263 g/mol. The van der Waals surface area contributed by atoms with E-state index in [0.29, 0.717) is 0 Å². The first-order valence-corrected chi connectivity index (χ1v) is 6.41. The largest absolute Gasteiger partial charge is 0.313 e. The smallest absolute Gasteiger partial charge is 0.0847 e. The Hall–Kier alpha value is -1.32. The van der Waals surface area contributed by atoms with Gasteiger partial charge in [-0.2, -0.15) is 5.10 Å². The number of aromatic nitrogens is 2. The highest BCUT2D eigenvalue weighted by Crippen LogP contribution is 2.25. The summed E-state index contributed by atoms with van der Waals surface area (Å²) in [5, 5.41) is 8.45. The van der Waals surface area contributed by atoms with E-state index in [1.165, 1.54) is 5.56 Å². The Morgan fingerprint density at radius 3 is 2.50 bits per heavy atom. The van der Waals surface area contributed by atoms with Gasteiger partial charge < -0.3 is 5.32 Å². The van der Waals surface area contributed by atoms with Gasteiger partial charge in [0.1, 0.15) is 0 Å². The number of hydrogen-bond acceptors (Lipinski definition) is 2. The lowest BCUT2D eigenvalue weighted by molar-refractivity contribution is 0.561. The van der Waals surface area contributed by atoms with E-state index in [9.17, 15) is 0 Å². The van der Waals surface area contributed by atoms with E-state index in [-0.39, 0.29) is 6.04 Å². The first-order chi connectivity index (χ1) is 8.63. The van der Waals surface area contributed by atoms with Crippen LogP contribution in [0.2, 0.25) is 5.02 Å². The van der Waals surface area contributed by atoms with Gasteiger partial charge in [0.15, 0.2) is 0 Å². The molecule has 1 atom stereocenters. The Labute approximate surface area is 113 Å². The first kappa shape index (κ1) is 13.1. The average Bonchev–Trinajstić information content (AvgIpc) is 2.62. The molecule has 0 fully saturated rings. The summed E-state index contributed by atoms with van der Waals surface area (Å²) in [6, 6.07) is 10.6. The summed E-state index contributed by atoms with van der Waals surface area (Å²) in [7, 11) is 3.90. The molecule has 0 aliphatic carbocycles. The lowest BCUT2D eigenvalue weighted by atomic mass is 10.0. The van der Waals surface area contributed by atoms with Gasteiger partial charge in [-0.15, -0.1) is 0 Å². The second-order valence-corrected chi connectivity index (χ2v) is 4.80. The van der Waals surface area contributed by atoms with Crippen molar-refractivity contribution in [1.29, 1.82) is 0 Å². The minimum absolute atomic E-state index is 0.249. The number of aryl methyl sites for hydroxylation is 2. The molecule has 4 heteroatoms. The predicted octanol–water partition coefficient (Wildman–Crippen LogP) is 2.89. The van der Waals surface area contributed by atoms with Gasteiger partial charge in [0, 0.05) is 19.5 Å². The molecule has 1 aromatic heterocycles. The van der Waals surface area contributed by atoms with Gasteiger partial charge in [-0.05, 0) is 19.5 Å². The fraction of sp³-hybridized carbons (Fsp3) is 0.357. The number of nitrogens with one attached hydrogen (secondary N) is 1. The van der Waals surface area contributed by atoms with Crippen molar-refractivity contribution >= 4 is 11.6 Å². The van der Waals surface area contributed by atoms with E-state index >= 15 is 0 Å². The predicted molar refractivity (Wildman–Crippen MR) is 74.9 cm³/mol. The van der Waals surface area contributed by atoms with Crippen LogP contribution in [0, 0.1) is 6.92 Å². The zero-order chi connectivity index (χ0) is 13.1. The van der Waals surface area contributed by atoms with Gasteiger partial charge in [0.25, 0.3) is 0 Å². The van der Waals surface area contributed by atoms with E-state index in [4.69, 9.17) is 11.6 Å². The fourth-order valence-corrected chi connectivity index (χ4v) is 2.40. The molecule has 2 rings (SSSR count). The summed E-state index contributed by atoms with van der Waals surface area (Å²) in [5.74, 6) is 0. The average molecular weight is 264 g/mol. The van der Waals surface area contributed by atoms with Crippen LogP contribution in [0.4, 0.5) is 0 Å². The van der Waals surface area contributed by atoms with E-state index in [1.54, 1.807) is 0 Å². The number of nitrogens with zero attached hydrogens (tertiary/aromatic N) is 2. The molecule has 1 aromatic carbocycles. The van der Waals surface area contributed by atoms with Gasteiger partial charge in [-0.25, -0.2) is 0 Å². The highest BCUT2D eigenvalue weighted by Gasteiger charge is 2.17. The lowest BCUT2D eigenvalue weighted by Crippen LogP contribution is -2.20. The van der Waals surface area contributed by atoms with Gasteiger partial charge in [-0.1, -0.05) is 41.9 Å². The number of benzene rings is 1. The molecule has 2 aromatic rings. The molecule has 1 heterocycles. The van der Waals surface area contributed by atoms with Crippen LogP contribution in [0.3, 0.4) is 0 Å². The lowest BCUT2D eigenvalue weighted by Gasteiger charge is -2.17. The van der Waals surface area contributed by atoms with Crippen molar-refractivity contribution in [1.82, 2.24) is 15.1 Å². The minimum atomic E-state index is 0.249. The quantitative estimate of drug-likeness (QED) is 0.919. The molecular weight excluding hydrogens is 246 g/mol. The van der Waals surface area contributed by atoms with Gasteiger partial charge in [0.2, 0.25) is 0 Å². The molecule has 0 saturated heterocycles. The fourth-order valence-electron chi connectivity index (χ4n) is 2.17. The second kappa shape index (κ2) is 5.55. The zero-order valence-corrected chi connectivity index (χ0v) is 11.7. The summed E-state index contributed by atoms with van der Waals surface area (Å²) in [6.45, 7) is 1.93. The topological polar surface area (TPSA) is 29.9 Å². The molecule has 0 spiro atoms. The number of hydrogen-bond donors (Lipinski definition) is 1. The van der Waals surface area contributed by atoms with Crippen molar-refractivity contribution in [3.8, 4) is 0 Å². The maximum absolute atomic E-state index is 6.29. The third kappa shape index (κ3) is 2.57. The number of rotatable bonds is 4. The molecule has 1 N–H and O–H groups in total. The van der Waals surface area contributed by atoms with E-state index in [2.05, 4.69) is 34.7 Å². The zero-order valence-electron chi connectivity index (χ0n) is 10.9. The molecule has 0 aliphatic heterocycles. The number of halogens is 1. The summed E-state index contributed by atoms with van der Waals surface area (Å²) >= 11 is 6.29. The van der Waals surface area contributed by atoms with Crippen LogP contribution in [-0.2, 0) is 13.5 Å². The Balaban J connectivity index is 2.26. The molecule has 96 valence electrons. The normalized spacial score (nSPS) is 12.7. The molecule has 0 aliphatic rings. The molecule has 0 radical (unpaired) electrons. The first-order valence-electron chi connectivity index (χ1n) is 6.03. The molecular formula is C14H18ClN3. The van der Waals surface area contributed by atoms with Crippen LogP contribution in [0.15, 0.2) is 30.3 Å². The molecule has 0 bridgehead atoms. The summed E-state index contributed by atoms with van der Waals surface area (Å²) in [5.41, 5.74) is 3.21. The van der Waals surface area contributed by atoms with Crippen LogP contribution in [0.5, 0.6) is 0 Å². The molecule has 3 nitrogen and oxygen atoms in total. The third-order valence-electron chi connectivity index (χ3n) is 3.21. The maximum Gasteiger partial charge on any atom is 0.0847 e. The third-order valence-corrected chi connectivity index (χ3v) is 3.70. The van der Waals surface area contributed by atoms with E-state index in [1.807, 2.05) is 31.8 Å². The van der Waals surface area contributed by atoms with Gasteiger partial charge in [0.05, 0.1) is 16.4 Å². The highest BCUT2D eigenvalue weighted by molar-refractivity contribution is 6.31. The number of likely N-dealkylation sites (N-methyl/N-ethyl adjacent to an activating group) is 1. The minimum Gasteiger partial charge on any atom is -0.313 e. The molecule has 18 heavy (non-hydrogen) atoms. The van der Waals surface area contributed by atoms with Crippen molar-refractivity contribution in [3.05, 3.63) is 52.3 Å². The highest BCUT2D eigenvalue weighted by atomic mass is 35.5. The van der Waals surface area contributed by atoms with Crippen molar-refractivity contribution in [2.24, 2.45) is 7.05 Å². The molecule has 0 amide bonds. The summed E-state index contributed by atoms with van der Waals surface area (Å²) in [4.78, 5) is 0. The standard InChI is InChI=1S/C14H18ClN3/c1-10-14(15)13(18(3)17-10)9-12(16-2)11-7-5-4-6-8-11/h4-8,12,16H,9H2,1-3H3. The van der Waals surface area contributed by atoms with Crippen LogP contribution >= 0.6 is 11.6 Å². The van der Waals surface area contributed by atoms with Crippen molar-refractivity contribution in [2.75, 3.05) is 7.05 Å². The van der Waals surface area contributed by atoms with Crippen LogP contribution in [0.25, 0.3) is 0 Å². The Bertz CT molecular complexity index is 519. The van der Waals surface area contributed by atoms with Crippen molar-refractivity contribution in [2.45, 2.75) is 19.4 Å². The van der Waals surface area contributed by atoms with Crippen LogP contribution < -0.4 is 5.32 Å². The van der Waals surface area contributed by atoms with E-state index < -0.39 is 0 Å². The second-order valence-electron chi connectivity index (χ2n) is 4.43. The Kier molecular flexibility index (Phi) is 4.04. The summed E-state index contributed by atoms with van der Waals surface area (Å²) < 4.78 is 1.87. The SMILES string of the molecule is CNC(Cc1c(Cl)c(C)nn1C)c1ccccc1. The van der Waals surface area contributed by atoms with E-state index in [0.717, 1.165) is 22.8 Å². The Morgan fingerprint density at radius 2 is 2.00 bits per heavy atom. The molecule has 1 unspecified atom stereocenters. The summed E-state index contributed by atoms with van der Waals surface area (Å²) in [6.07, 6.45) is 0.830. The van der Waals surface area contributed by atoms with Crippen LogP contribution in [0.1, 0.15) is 23.0 Å². The Morgan fingerprint density at radius 1 is 1.33 bits per heavy atom. The van der Waals surface area contributed by atoms with Crippen molar-refractivity contribution < 1.29 is 0 Å². The molecule has 0 saturated carbocycles. The van der Waals surface area contributed by atoms with Crippen molar-refractivity contribution in [3.63, 3.8) is 0 Å².